The summed E-state index contributed by atoms with van der Waals surface area (Å²) >= 11 is 0. The number of ether oxygens (including phenoxy) is 1. The first-order chi connectivity index (χ1) is 6.44. The van der Waals surface area contributed by atoms with Gasteiger partial charge in [-0.15, -0.1) is 0 Å². The molecular formula is C9H19NO3S. The Kier molecular flexibility index (Phi) is 3.92. The van der Waals surface area contributed by atoms with Crippen LogP contribution in [0.5, 0.6) is 0 Å². The van der Waals surface area contributed by atoms with Crippen molar-refractivity contribution in [2.24, 2.45) is 5.92 Å². The molecule has 5 heteroatoms. The van der Waals surface area contributed by atoms with E-state index in [1.165, 1.54) is 0 Å². The molecular weight excluding hydrogens is 202 g/mol. The molecule has 0 aromatic heterocycles. The van der Waals surface area contributed by atoms with Crippen molar-refractivity contribution < 1.29 is 13.2 Å². The molecule has 1 aliphatic heterocycles. The average molecular weight is 221 g/mol. The van der Waals surface area contributed by atoms with Crippen LogP contribution in [0.1, 0.15) is 13.8 Å². The number of methoxy groups -OCH3 is 1. The van der Waals surface area contributed by atoms with Crippen LogP contribution in [0.2, 0.25) is 0 Å². The third kappa shape index (κ3) is 3.22. The van der Waals surface area contributed by atoms with Crippen molar-refractivity contribution in [3.8, 4) is 0 Å². The normalized spacial score (nSPS) is 23.4. The maximum absolute atomic E-state index is 10.9. The molecule has 1 saturated heterocycles. The minimum absolute atomic E-state index is 0.127. The highest BCUT2D eigenvalue weighted by atomic mass is 32.2. The van der Waals surface area contributed by atoms with Crippen LogP contribution < -0.4 is 5.32 Å². The minimum atomic E-state index is -2.72. The predicted molar refractivity (Wildman–Crippen MR) is 56.1 cm³/mol. The van der Waals surface area contributed by atoms with E-state index in [0.29, 0.717) is 12.5 Å². The van der Waals surface area contributed by atoms with Gasteiger partial charge < -0.3 is 10.1 Å². The number of rotatable bonds is 5. The van der Waals surface area contributed by atoms with Gasteiger partial charge in [-0.1, -0.05) is 13.8 Å². The van der Waals surface area contributed by atoms with Gasteiger partial charge in [0, 0.05) is 19.2 Å². The van der Waals surface area contributed by atoms with E-state index in [0.717, 1.165) is 0 Å². The summed E-state index contributed by atoms with van der Waals surface area (Å²) in [6.45, 7) is 4.84. The standard InChI is InChI=1S/C9H19NO3S/c1-7(2)9(4-13-3)10-8-5-14(11,12)6-8/h7-10H,4-6H2,1-3H3. The summed E-state index contributed by atoms with van der Waals surface area (Å²) < 4.78 is 26.9. The summed E-state index contributed by atoms with van der Waals surface area (Å²) in [7, 11) is -1.06. The summed E-state index contributed by atoms with van der Waals surface area (Å²) in [6.07, 6.45) is 0. The van der Waals surface area contributed by atoms with Crippen molar-refractivity contribution >= 4 is 9.84 Å². The van der Waals surface area contributed by atoms with Gasteiger partial charge in [0.25, 0.3) is 0 Å². The fourth-order valence-electron chi connectivity index (χ4n) is 1.58. The Labute approximate surface area is 85.9 Å². The zero-order valence-electron chi connectivity index (χ0n) is 8.99. The predicted octanol–water partition coefficient (Wildman–Crippen LogP) is 0.0440. The summed E-state index contributed by atoms with van der Waals surface area (Å²) in [5.41, 5.74) is 0. The van der Waals surface area contributed by atoms with E-state index in [9.17, 15) is 8.42 Å². The lowest BCUT2D eigenvalue weighted by atomic mass is 10.0. The molecule has 0 bridgehead atoms. The molecule has 0 aliphatic carbocycles. The largest absolute Gasteiger partial charge is 0.383 e. The molecule has 1 atom stereocenters. The first-order valence-corrected chi connectivity index (χ1v) is 6.72. The SMILES string of the molecule is COCC(NC1CS(=O)(=O)C1)C(C)C. The topological polar surface area (TPSA) is 55.4 Å². The van der Waals surface area contributed by atoms with E-state index in [1.807, 2.05) is 0 Å². The molecule has 1 aliphatic rings. The van der Waals surface area contributed by atoms with Crippen molar-refractivity contribution in [2.75, 3.05) is 25.2 Å². The van der Waals surface area contributed by atoms with Gasteiger partial charge in [0.2, 0.25) is 0 Å². The highest BCUT2D eigenvalue weighted by Crippen LogP contribution is 2.13. The van der Waals surface area contributed by atoms with Crippen LogP contribution >= 0.6 is 0 Å². The van der Waals surface area contributed by atoms with Gasteiger partial charge in [0.05, 0.1) is 18.1 Å². The monoisotopic (exact) mass is 221 g/mol. The van der Waals surface area contributed by atoms with E-state index >= 15 is 0 Å². The van der Waals surface area contributed by atoms with E-state index in [1.54, 1.807) is 7.11 Å². The summed E-state index contributed by atoms with van der Waals surface area (Å²) in [6, 6.07) is 0.378. The number of sulfone groups is 1. The quantitative estimate of drug-likeness (QED) is 0.712. The van der Waals surface area contributed by atoms with E-state index in [4.69, 9.17) is 4.74 Å². The van der Waals surface area contributed by atoms with Crippen molar-refractivity contribution in [3.05, 3.63) is 0 Å². The fourth-order valence-corrected chi connectivity index (χ4v) is 2.90. The zero-order valence-corrected chi connectivity index (χ0v) is 9.80. The lowest BCUT2D eigenvalue weighted by Crippen LogP contribution is -2.56. The molecule has 0 radical (unpaired) electrons. The first-order valence-electron chi connectivity index (χ1n) is 4.90. The van der Waals surface area contributed by atoms with Gasteiger partial charge in [-0.25, -0.2) is 8.42 Å². The Morgan fingerprint density at radius 2 is 2.00 bits per heavy atom. The van der Waals surface area contributed by atoms with Crippen LogP contribution in [-0.4, -0.2) is 45.7 Å². The Balaban J connectivity index is 2.34. The molecule has 84 valence electrons. The molecule has 1 unspecified atom stereocenters. The van der Waals surface area contributed by atoms with Gasteiger partial charge in [-0.3, -0.25) is 0 Å². The fraction of sp³-hybridized carbons (Fsp3) is 1.00. The second-order valence-corrected chi connectivity index (χ2v) is 6.40. The van der Waals surface area contributed by atoms with Crippen LogP contribution in [-0.2, 0) is 14.6 Å². The van der Waals surface area contributed by atoms with Crippen LogP contribution in [0.4, 0.5) is 0 Å². The smallest absolute Gasteiger partial charge is 0.153 e. The van der Waals surface area contributed by atoms with E-state index in [-0.39, 0.29) is 23.6 Å². The Morgan fingerprint density at radius 3 is 2.36 bits per heavy atom. The number of hydrogen-bond acceptors (Lipinski definition) is 4. The molecule has 0 amide bonds. The first kappa shape index (κ1) is 11.9. The van der Waals surface area contributed by atoms with Crippen molar-refractivity contribution in [2.45, 2.75) is 25.9 Å². The molecule has 14 heavy (non-hydrogen) atoms. The molecule has 1 heterocycles. The molecule has 0 spiro atoms. The van der Waals surface area contributed by atoms with Crippen LogP contribution in [0, 0.1) is 5.92 Å². The molecule has 0 aromatic rings. The highest BCUT2D eigenvalue weighted by molar-refractivity contribution is 7.92. The summed E-state index contributed by atoms with van der Waals surface area (Å²) in [5.74, 6) is 1.01. The maximum Gasteiger partial charge on any atom is 0.153 e. The lowest BCUT2D eigenvalue weighted by Gasteiger charge is -2.32. The zero-order chi connectivity index (χ0) is 10.8. The van der Waals surface area contributed by atoms with E-state index < -0.39 is 9.84 Å². The Bertz CT molecular complexity index is 262. The maximum atomic E-state index is 10.9. The summed E-state index contributed by atoms with van der Waals surface area (Å²) in [4.78, 5) is 0. The van der Waals surface area contributed by atoms with Gasteiger partial charge in [0.15, 0.2) is 9.84 Å². The second kappa shape index (κ2) is 4.59. The van der Waals surface area contributed by atoms with Gasteiger partial charge in [-0.2, -0.15) is 0 Å². The lowest BCUT2D eigenvalue weighted by molar-refractivity contribution is 0.142. The molecule has 1 N–H and O–H groups in total. The average Bonchev–Trinajstić information content (AvgIpc) is 1.99. The van der Waals surface area contributed by atoms with Crippen LogP contribution in [0.25, 0.3) is 0 Å². The van der Waals surface area contributed by atoms with Crippen LogP contribution in [0.3, 0.4) is 0 Å². The van der Waals surface area contributed by atoms with Crippen molar-refractivity contribution in [3.63, 3.8) is 0 Å². The van der Waals surface area contributed by atoms with Gasteiger partial charge in [-0.05, 0) is 5.92 Å². The third-order valence-corrected chi connectivity index (χ3v) is 4.33. The number of nitrogens with one attached hydrogen (secondary N) is 1. The third-order valence-electron chi connectivity index (χ3n) is 2.51. The Morgan fingerprint density at radius 1 is 1.43 bits per heavy atom. The minimum Gasteiger partial charge on any atom is -0.383 e. The van der Waals surface area contributed by atoms with Gasteiger partial charge in [0.1, 0.15) is 0 Å². The summed E-state index contributed by atoms with van der Waals surface area (Å²) in [5, 5.41) is 3.31. The Hall–Kier alpha value is -0.130. The van der Waals surface area contributed by atoms with Crippen LogP contribution in [0.15, 0.2) is 0 Å². The molecule has 1 fully saturated rings. The number of hydrogen-bond donors (Lipinski definition) is 1. The molecule has 0 aromatic carbocycles. The molecule has 0 saturated carbocycles. The molecule has 4 nitrogen and oxygen atoms in total. The van der Waals surface area contributed by atoms with Crippen molar-refractivity contribution in [1.29, 1.82) is 0 Å². The highest BCUT2D eigenvalue weighted by Gasteiger charge is 2.34. The van der Waals surface area contributed by atoms with Crippen molar-refractivity contribution in [1.82, 2.24) is 5.32 Å². The van der Waals surface area contributed by atoms with E-state index in [2.05, 4.69) is 19.2 Å². The second-order valence-electron chi connectivity index (χ2n) is 4.25. The van der Waals surface area contributed by atoms with Gasteiger partial charge >= 0.3 is 0 Å². The molecule has 1 rings (SSSR count).